The molecule has 2 nitrogen and oxygen atoms in total. The maximum atomic E-state index is 12.1. The third-order valence-electron chi connectivity index (χ3n) is 1.65. The van der Waals surface area contributed by atoms with Gasteiger partial charge in [-0.05, 0) is 0 Å². The van der Waals surface area contributed by atoms with Crippen LogP contribution in [0.3, 0.4) is 0 Å². The Morgan fingerprint density at radius 3 is 2.00 bits per heavy atom. The highest BCUT2D eigenvalue weighted by atomic mass is 19.3. The van der Waals surface area contributed by atoms with Crippen LogP contribution in [0.2, 0.25) is 0 Å². The van der Waals surface area contributed by atoms with Crippen molar-refractivity contribution in [3.63, 3.8) is 0 Å². The summed E-state index contributed by atoms with van der Waals surface area (Å²) in [6.07, 6.45) is -3.26. The van der Waals surface area contributed by atoms with Crippen molar-refractivity contribution in [2.24, 2.45) is 11.8 Å². The molecular formula is C5H4F4O2. The van der Waals surface area contributed by atoms with E-state index in [1.165, 1.54) is 0 Å². The SMILES string of the molecule is O=C(O)[C@@H]1[C@@H](C(F)F)C1(F)F. The second-order valence-electron chi connectivity index (χ2n) is 2.35. The van der Waals surface area contributed by atoms with Crippen molar-refractivity contribution in [3.8, 4) is 0 Å². The summed E-state index contributed by atoms with van der Waals surface area (Å²) >= 11 is 0. The Hall–Kier alpha value is -0.810. The predicted molar refractivity (Wildman–Crippen MR) is 25.6 cm³/mol. The average Bonchev–Trinajstić information content (AvgIpc) is 2.33. The molecule has 1 saturated carbocycles. The number of aliphatic carboxylic acids is 1. The number of hydrogen-bond acceptors (Lipinski definition) is 1. The summed E-state index contributed by atoms with van der Waals surface area (Å²) in [7, 11) is 0. The molecule has 0 aromatic heterocycles. The molecule has 0 bridgehead atoms. The first-order chi connectivity index (χ1) is 4.89. The molecule has 1 N–H and O–H groups in total. The molecule has 0 aromatic rings. The lowest BCUT2D eigenvalue weighted by atomic mass is 10.3. The minimum absolute atomic E-state index is 1.86. The van der Waals surface area contributed by atoms with E-state index in [2.05, 4.69) is 0 Å². The molecule has 0 aromatic carbocycles. The summed E-state index contributed by atoms with van der Waals surface area (Å²) in [5.74, 6) is -10.1. The van der Waals surface area contributed by atoms with Crippen molar-refractivity contribution in [3.05, 3.63) is 0 Å². The van der Waals surface area contributed by atoms with Gasteiger partial charge < -0.3 is 5.11 Å². The second kappa shape index (κ2) is 2.09. The van der Waals surface area contributed by atoms with Crippen molar-refractivity contribution < 1.29 is 27.5 Å². The van der Waals surface area contributed by atoms with E-state index in [1.807, 2.05) is 0 Å². The van der Waals surface area contributed by atoms with Gasteiger partial charge in [0, 0.05) is 0 Å². The molecule has 0 heterocycles. The van der Waals surface area contributed by atoms with E-state index in [1.54, 1.807) is 0 Å². The van der Waals surface area contributed by atoms with E-state index in [9.17, 15) is 22.4 Å². The van der Waals surface area contributed by atoms with Gasteiger partial charge in [-0.25, -0.2) is 17.6 Å². The minimum atomic E-state index is -3.72. The Morgan fingerprint density at radius 2 is 1.91 bits per heavy atom. The van der Waals surface area contributed by atoms with Crippen LogP contribution in [0.1, 0.15) is 0 Å². The van der Waals surface area contributed by atoms with Gasteiger partial charge >= 0.3 is 5.97 Å². The Balaban J connectivity index is 2.68. The first-order valence-corrected chi connectivity index (χ1v) is 2.77. The highest BCUT2D eigenvalue weighted by molar-refractivity contribution is 5.76. The standard InChI is InChI=1S/C5H4F4O2/c6-3(7)1-2(4(10)11)5(1,8)9/h1-3H,(H,10,11)/t1-,2-/m0/s1. The van der Waals surface area contributed by atoms with Crippen LogP contribution in [-0.4, -0.2) is 23.4 Å². The van der Waals surface area contributed by atoms with Crippen LogP contribution in [-0.2, 0) is 4.79 Å². The Morgan fingerprint density at radius 1 is 1.45 bits per heavy atom. The zero-order chi connectivity index (χ0) is 8.81. The van der Waals surface area contributed by atoms with Crippen molar-refractivity contribution in [2.75, 3.05) is 0 Å². The maximum absolute atomic E-state index is 12.1. The molecule has 1 aliphatic carbocycles. The van der Waals surface area contributed by atoms with Gasteiger partial charge in [0.1, 0.15) is 11.8 Å². The van der Waals surface area contributed by atoms with E-state index in [4.69, 9.17) is 5.11 Å². The van der Waals surface area contributed by atoms with Crippen molar-refractivity contribution >= 4 is 5.97 Å². The zero-order valence-corrected chi connectivity index (χ0v) is 5.10. The van der Waals surface area contributed by atoms with Gasteiger partial charge in [0.25, 0.3) is 5.92 Å². The summed E-state index contributed by atoms with van der Waals surface area (Å²) in [5, 5.41) is 7.99. The number of carboxylic acid groups (broad SMARTS) is 1. The van der Waals surface area contributed by atoms with Gasteiger partial charge in [-0.1, -0.05) is 0 Å². The lowest BCUT2D eigenvalue weighted by Crippen LogP contribution is -2.05. The second-order valence-corrected chi connectivity index (χ2v) is 2.35. The molecule has 1 aliphatic rings. The first-order valence-electron chi connectivity index (χ1n) is 2.77. The molecule has 2 atom stereocenters. The highest BCUT2D eigenvalue weighted by Crippen LogP contribution is 2.58. The fourth-order valence-corrected chi connectivity index (χ4v) is 0.982. The number of rotatable bonds is 2. The van der Waals surface area contributed by atoms with Crippen LogP contribution in [0.15, 0.2) is 0 Å². The third kappa shape index (κ3) is 1.06. The van der Waals surface area contributed by atoms with E-state index in [-0.39, 0.29) is 0 Å². The molecule has 11 heavy (non-hydrogen) atoms. The molecule has 0 saturated heterocycles. The Kier molecular flexibility index (Phi) is 1.57. The smallest absolute Gasteiger partial charge is 0.313 e. The molecule has 64 valence electrons. The molecule has 1 fully saturated rings. The van der Waals surface area contributed by atoms with E-state index in [0.717, 1.165) is 0 Å². The highest BCUT2D eigenvalue weighted by Gasteiger charge is 2.76. The van der Waals surface area contributed by atoms with Crippen molar-refractivity contribution in [1.82, 2.24) is 0 Å². The first kappa shape index (κ1) is 8.29. The summed E-state index contributed by atoms with van der Waals surface area (Å²) in [6.45, 7) is 0. The van der Waals surface area contributed by atoms with Gasteiger partial charge in [0.2, 0.25) is 6.43 Å². The van der Waals surface area contributed by atoms with Crippen molar-refractivity contribution in [1.29, 1.82) is 0 Å². The molecule has 0 spiro atoms. The molecule has 1 rings (SSSR count). The van der Waals surface area contributed by atoms with Crippen LogP contribution in [0, 0.1) is 11.8 Å². The predicted octanol–water partition coefficient (Wildman–Crippen LogP) is 1.22. The van der Waals surface area contributed by atoms with Gasteiger partial charge in [-0.3, -0.25) is 4.79 Å². The average molecular weight is 172 g/mol. The van der Waals surface area contributed by atoms with Crippen LogP contribution < -0.4 is 0 Å². The van der Waals surface area contributed by atoms with Gasteiger partial charge in [0.15, 0.2) is 0 Å². The lowest BCUT2D eigenvalue weighted by molar-refractivity contribution is -0.141. The fraction of sp³-hybridized carbons (Fsp3) is 0.800. The lowest BCUT2D eigenvalue weighted by Gasteiger charge is -1.91. The van der Waals surface area contributed by atoms with Crippen LogP contribution in [0.25, 0.3) is 0 Å². The zero-order valence-electron chi connectivity index (χ0n) is 5.10. The largest absolute Gasteiger partial charge is 0.481 e. The number of carbonyl (C=O) groups is 1. The van der Waals surface area contributed by atoms with E-state index >= 15 is 0 Å². The summed E-state index contributed by atoms with van der Waals surface area (Å²) in [4.78, 5) is 9.88. The van der Waals surface area contributed by atoms with Crippen LogP contribution >= 0.6 is 0 Å². The number of halogens is 4. The van der Waals surface area contributed by atoms with Crippen molar-refractivity contribution in [2.45, 2.75) is 12.3 Å². The monoisotopic (exact) mass is 172 g/mol. The maximum Gasteiger partial charge on any atom is 0.313 e. The van der Waals surface area contributed by atoms with Crippen LogP contribution in [0.4, 0.5) is 17.6 Å². The fourth-order valence-electron chi connectivity index (χ4n) is 0.982. The topological polar surface area (TPSA) is 37.3 Å². The van der Waals surface area contributed by atoms with E-state index < -0.39 is 30.2 Å². The molecule has 0 radical (unpaired) electrons. The Labute approximate surface area is 58.8 Å². The van der Waals surface area contributed by atoms with Crippen LogP contribution in [0.5, 0.6) is 0 Å². The number of hydrogen-bond donors (Lipinski definition) is 1. The Bertz CT molecular complexity index is 191. The van der Waals surface area contributed by atoms with Gasteiger partial charge in [-0.15, -0.1) is 0 Å². The molecule has 0 unspecified atom stereocenters. The van der Waals surface area contributed by atoms with E-state index in [0.29, 0.717) is 0 Å². The number of carboxylic acids is 1. The summed E-state index contributed by atoms with van der Waals surface area (Å²) < 4.78 is 47.4. The van der Waals surface area contributed by atoms with Gasteiger partial charge in [0.05, 0.1) is 0 Å². The van der Waals surface area contributed by atoms with Gasteiger partial charge in [-0.2, -0.15) is 0 Å². The quantitative estimate of drug-likeness (QED) is 0.635. The number of alkyl halides is 4. The summed E-state index contributed by atoms with van der Waals surface area (Å²) in [6, 6.07) is 0. The molecule has 0 aliphatic heterocycles. The summed E-state index contributed by atoms with van der Waals surface area (Å²) in [5.41, 5.74) is 0. The normalized spacial score (nSPS) is 33.9. The molecule has 0 amide bonds. The molecular weight excluding hydrogens is 168 g/mol. The molecule has 6 heteroatoms. The third-order valence-corrected chi connectivity index (χ3v) is 1.65. The minimum Gasteiger partial charge on any atom is -0.481 e.